The predicted octanol–water partition coefficient (Wildman–Crippen LogP) is 2.16. The molecule has 28 heavy (non-hydrogen) atoms. The van der Waals surface area contributed by atoms with E-state index in [4.69, 9.17) is 0 Å². The monoisotopic (exact) mass is 413 g/mol. The molecule has 0 aromatic heterocycles. The molecule has 0 radical (unpaired) electrons. The largest absolute Gasteiger partial charge is 0.506 e. The number of rotatable bonds is 7. The molecule has 2 aliphatic rings. The van der Waals surface area contributed by atoms with Crippen molar-refractivity contribution < 1.29 is 22.7 Å². The average molecular weight is 414 g/mol. The molecule has 0 spiro atoms. The van der Waals surface area contributed by atoms with Gasteiger partial charge in [-0.25, -0.2) is 13.4 Å². The predicted molar refractivity (Wildman–Crippen MR) is 105 cm³/mol. The van der Waals surface area contributed by atoms with E-state index in [2.05, 4.69) is 11.8 Å². The fourth-order valence-corrected chi connectivity index (χ4v) is 5.26. The first-order valence-corrected chi connectivity index (χ1v) is 11.3. The molecular formula is C19H28FN3O4S. The smallest absolute Gasteiger partial charge is 0.326 e. The molecule has 0 saturated carbocycles. The van der Waals surface area contributed by atoms with Crippen molar-refractivity contribution in [2.45, 2.75) is 45.4 Å². The van der Waals surface area contributed by atoms with Crippen LogP contribution in [-0.4, -0.2) is 50.5 Å². The number of piperidine rings is 1. The summed E-state index contributed by atoms with van der Waals surface area (Å²) < 4.78 is 40.9. The van der Waals surface area contributed by atoms with Crippen molar-refractivity contribution >= 4 is 21.8 Å². The second-order valence-electron chi connectivity index (χ2n) is 7.70. The van der Waals surface area contributed by atoms with Crippen molar-refractivity contribution in [1.29, 1.82) is 0 Å². The van der Waals surface area contributed by atoms with Crippen LogP contribution in [0.3, 0.4) is 0 Å². The van der Waals surface area contributed by atoms with E-state index in [1.165, 1.54) is 31.4 Å². The number of benzene rings is 1. The topological polar surface area (TPSA) is 89.9 Å². The van der Waals surface area contributed by atoms with Gasteiger partial charge in [0.2, 0.25) is 0 Å². The Morgan fingerprint density at radius 2 is 2.11 bits per heavy atom. The standard InChI is InChI=1S/C19H28FN3O4S/c1-2-3-4-7-22-8-5-6-14(12-22)9-15-10-16(20)19(17(24)11-15)23-13-18(25)21-28(23,26)27/h10-11,14,24H,2-9,12-13H2,1H3,(H,21,25). The Labute approximate surface area is 165 Å². The molecule has 2 heterocycles. The highest BCUT2D eigenvalue weighted by molar-refractivity contribution is 7.92. The van der Waals surface area contributed by atoms with E-state index in [-0.39, 0.29) is 0 Å². The SMILES string of the molecule is CCCCCN1CCCC(Cc2cc(O)c(N3CC(=O)NS3(=O)=O)c(F)c2)C1. The maximum atomic E-state index is 14.7. The zero-order valence-electron chi connectivity index (χ0n) is 16.2. The van der Waals surface area contributed by atoms with Gasteiger partial charge in [0.1, 0.15) is 18.0 Å². The minimum atomic E-state index is -4.17. The molecule has 1 aromatic carbocycles. The molecular weight excluding hydrogens is 385 g/mol. The average Bonchev–Trinajstić information content (AvgIpc) is 2.87. The van der Waals surface area contributed by atoms with Crippen LogP contribution in [0, 0.1) is 11.7 Å². The fraction of sp³-hybridized carbons (Fsp3) is 0.632. The Hall–Kier alpha value is -1.87. The lowest BCUT2D eigenvalue weighted by molar-refractivity contribution is -0.117. The fourth-order valence-electron chi connectivity index (χ4n) is 4.09. The van der Waals surface area contributed by atoms with Gasteiger partial charge in [0.15, 0.2) is 5.82 Å². The zero-order chi connectivity index (χ0) is 20.3. The first kappa shape index (κ1) is 20.9. The van der Waals surface area contributed by atoms with E-state index >= 15 is 0 Å². The highest BCUT2D eigenvalue weighted by Crippen LogP contribution is 2.35. The van der Waals surface area contributed by atoms with Gasteiger partial charge < -0.3 is 10.0 Å². The van der Waals surface area contributed by atoms with E-state index < -0.39 is 39.9 Å². The molecule has 2 aliphatic heterocycles. The van der Waals surface area contributed by atoms with Gasteiger partial charge in [0.05, 0.1) is 0 Å². The maximum absolute atomic E-state index is 14.7. The van der Waals surface area contributed by atoms with Crippen LogP contribution >= 0.6 is 0 Å². The van der Waals surface area contributed by atoms with Crippen molar-refractivity contribution in [3.63, 3.8) is 0 Å². The van der Waals surface area contributed by atoms with E-state index in [0.717, 1.165) is 32.5 Å². The molecule has 1 aromatic rings. The van der Waals surface area contributed by atoms with Crippen molar-refractivity contribution in [1.82, 2.24) is 9.62 Å². The number of carbonyl (C=O) groups excluding carboxylic acids is 1. The van der Waals surface area contributed by atoms with Gasteiger partial charge in [0.25, 0.3) is 5.91 Å². The molecule has 2 saturated heterocycles. The molecule has 7 nitrogen and oxygen atoms in total. The maximum Gasteiger partial charge on any atom is 0.326 e. The van der Waals surface area contributed by atoms with Crippen LogP contribution in [0.15, 0.2) is 12.1 Å². The summed E-state index contributed by atoms with van der Waals surface area (Å²) >= 11 is 0. The van der Waals surface area contributed by atoms with Crippen LogP contribution in [0.2, 0.25) is 0 Å². The highest BCUT2D eigenvalue weighted by Gasteiger charge is 2.37. The molecule has 1 unspecified atom stereocenters. The summed E-state index contributed by atoms with van der Waals surface area (Å²) in [6.45, 7) is 4.76. The van der Waals surface area contributed by atoms with Crippen LogP contribution in [0.25, 0.3) is 0 Å². The first-order chi connectivity index (χ1) is 13.3. The van der Waals surface area contributed by atoms with Crippen LogP contribution in [0.1, 0.15) is 44.6 Å². The molecule has 0 bridgehead atoms. The number of halogens is 1. The lowest BCUT2D eigenvalue weighted by atomic mass is 9.91. The summed E-state index contributed by atoms with van der Waals surface area (Å²) in [6.07, 6.45) is 6.37. The molecule has 3 rings (SSSR count). The lowest BCUT2D eigenvalue weighted by Gasteiger charge is -2.33. The normalized spacial score (nSPS) is 22.4. The van der Waals surface area contributed by atoms with Gasteiger partial charge >= 0.3 is 10.2 Å². The number of anilines is 1. The second-order valence-corrected chi connectivity index (χ2v) is 9.30. The highest BCUT2D eigenvalue weighted by atomic mass is 32.2. The minimum Gasteiger partial charge on any atom is -0.506 e. The van der Waals surface area contributed by atoms with E-state index in [1.807, 2.05) is 0 Å². The third kappa shape index (κ3) is 4.75. The van der Waals surface area contributed by atoms with Crippen molar-refractivity contribution in [3.8, 4) is 5.75 Å². The summed E-state index contributed by atoms with van der Waals surface area (Å²) in [6, 6.07) is 2.68. The van der Waals surface area contributed by atoms with E-state index in [9.17, 15) is 22.7 Å². The Balaban J connectivity index is 1.70. The molecule has 1 atom stereocenters. The number of hydrogen-bond acceptors (Lipinski definition) is 5. The molecule has 2 fully saturated rings. The summed E-state index contributed by atoms with van der Waals surface area (Å²) in [5.74, 6) is -1.69. The number of hydrogen-bond donors (Lipinski definition) is 2. The van der Waals surface area contributed by atoms with Crippen LogP contribution in [-0.2, 0) is 21.4 Å². The summed E-state index contributed by atoms with van der Waals surface area (Å²) in [5.41, 5.74) is 0.155. The number of phenols is 1. The zero-order valence-corrected chi connectivity index (χ0v) is 17.0. The first-order valence-electron chi connectivity index (χ1n) is 9.87. The quantitative estimate of drug-likeness (QED) is 0.669. The summed E-state index contributed by atoms with van der Waals surface area (Å²) in [4.78, 5) is 13.8. The summed E-state index contributed by atoms with van der Waals surface area (Å²) in [7, 11) is -4.17. The summed E-state index contributed by atoms with van der Waals surface area (Å²) in [5, 5.41) is 10.3. The minimum absolute atomic E-state index is 0.374. The van der Waals surface area contributed by atoms with Crippen LogP contribution in [0.4, 0.5) is 10.1 Å². The number of amides is 1. The van der Waals surface area contributed by atoms with E-state index in [1.54, 1.807) is 4.72 Å². The molecule has 9 heteroatoms. The molecule has 0 aliphatic carbocycles. The van der Waals surface area contributed by atoms with Gasteiger partial charge in [-0.15, -0.1) is 0 Å². The Kier molecular flexibility index (Phi) is 6.44. The third-order valence-electron chi connectivity index (χ3n) is 5.38. The van der Waals surface area contributed by atoms with Gasteiger partial charge in [0, 0.05) is 6.54 Å². The molecule has 156 valence electrons. The van der Waals surface area contributed by atoms with Gasteiger partial charge in [-0.05, 0) is 62.4 Å². The molecule has 1 amide bonds. The third-order valence-corrected chi connectivity index (χ3v) is 6.76. The second kappa shape index (κ2) is 8.65. The van der Waals surface area contributed by atoms with Gasteiger partial charge in [-0.2, -0.15) is 8.42 Å². The Morgan fingerprint density at radius 3 is 2.75 bits per heavy atom. The number of carbonyl (C=O) groups is 1. The van der Waals surface area contributed by atoms with Gasteiger partial charge in [-0.1, -0.05) is 19.8 Å². The number of unbranched alkanes of at least 4 members (excludes halogenated alkanes) is 2. The van der Waals surface area contributed by atoms with Crippen LogP contribution in [0.5, 0.6) is 5.75 Å². The van der Waals surface area contributed by atoms with Gasteiger partial charge in [-0.3, -0.25) is 4.79 Å². The number of nitrogens with one attached hydrogen (secondary N) is 1. The van der Waals surface area contributed by atoms with Crippen molar-refractivity contribution in [2.24, 2.45) is 5.92 Å². The van der Waals surface area contributed by atoms with E-state index in [0.29, 0.717) is 22.2 Å². The number of aromatic hydroxyl groups is 1. The Morgan fingerprint density at radius 1 is 1.32 bits per heavy atom. The van der Waals surface area contributed by atoms with Crippen molar-refractivity contribution in [2.75, 3.05) is 30.5 Å². The lowest BCUT2D eigenvalue weighted by Crippen LogP contribution is -2.36. The van der Waals surface area contributed by atoms with Crippen LogP contribution < -0.4 is 9.03 Å². The molecule has 2 N–H and O–H groups in total. The number of likely N-dealkylation sites (tertiary alicyclic amines) is 1. The van der Waals surface area contributed by atoms with Crippen molar-refractivity contribution in [3.05, 3.63) is 23.5 Å². The number of nitrogens with zero attached hydrogens (tertiary/aromatic N) is 2. The Bertz CT molecular complexity index is 807. The number of phenolic OH excluding ortho intramolecular Hbond substituents is 1.